The highest BCUT2D eigenvalue weighted by Gasteiger charge is 2.13. The minimum atomic E-state index is -2.88. The Kier molecular flexibility index (Phi) is 8.20. The Morgan fingerprint density at radius 3 is 2.27 bits per heavy atom. The monoisotopic (exact) mass is 475 g/mol. The number of aromatic nitrogens is 1. The summed E-state index contributed by atoms with van der Waals surface area (Å²) in [7, 11) is 4.61. The first kappa shape index (κ1) is 24.0. The van der Waals surface area contributed by atoms with E-state index < -0.39 is 6.61 Å². The fourth-order valence-corrected chi connectivity index (χ4v) is 3.82. The lowest BCUT2D eigenvalue weighted by molar-refractivity contribution is -0.0498. The third kappa shape index (κ3) is 5.78. The molecule has 33 heavy (non-hydrogen) atoms. The van der Waals surface area contributed by atoms with Gasteiger partial charge in [0.1, 0.15) is 5.75 Å². The lowest BCUT2D eigenvalue weighted by atomic mass is 10.2. The van der Waals surface area contributed by atoms with E-state index in [9.17, 15) is 8.78 Å². The molecule has 0 aliphatic rings. The smallest absolute Gasteiger partial charge is 0.387 e. The highest BCUT2D eigenvalue weighted by atomic mass is 32.1. The number of ether oxygens (including phenoxy) is 4. The molecule has 0 aliphatic carbocycles. The van der Waals surface area contributed by atoms with Gasteiger partial charge in [-0.25, -0.2) is 4.68 Å². The Labute approximate surface area is 193 Å². The van der Waals surface area contributed by atoms with Gasteiger partial charge in [0, 0.05) is 16.5 Å². The SMILES string of the molecule is C=CCN=c1scc(-c2ccc(OC(F)F)cc2)n1N=Cc1cc(OC)c(OC)c(OC)c1. The zero-order valence-electron chi connectivity index (χ0n) is 18.3. The van der Waals surface area contributed by atoms with Gasteiger partial charge in [0.2, 0.25) is 10.6 Å². The summed E-state index contributed by atoms with van der Waals surface area (Å²) in [5, 5.41) is 6.50. The number of methoxy groups -OCH3 is 3. The first-order valence-corrected chi connectivity index (χ1v) is 10.6. The lowest BCUT2D eigenvalue weighted by Crippen LogP contribution is -2.12. The predicted octanol–water partition coefficient (Wildman–Crippen LogP) is 4.81. The molecule has 2 aromatic carbocycles. The molecule has 3 aromatic rings. The summed E-state index contributed by atoms with van der Waals surface area (Å²) in [6.07, 6.45) is 3.32. The minimum absolute atomic E-state index is 0.0769. The number of benzene rings is 2. The average molecular weight is 476 g/mol. The number of rotatable bonds is 10. The van der Waals surface area contributed by atoms with Crippen molar-refractivity contribution in [2.45, 2.75) is 6.61 Å². The highest BCUT2D eigenvalue weighted by molar-refractivity contribution is 7.07. The van der Waals surface area contributed by atoms with Crippen LogP contribution in [0.3, 0.4) is 0 Å². The third-order valence-corrected chi connectivity index (χ3v) is 5.28. The number of nitrogens with zero attached hydrogens (tertiary/aromatic N) is 3. The van der Waals surface area contributed by atoms with Gasteiger partial charge in [-0.3, -0.25) is 4.99 Å². The zero-order valence-corrected chi connectivity index (χ0v) is 19.1. The number of hydrogen-bond donors (Lipinski definition) is 0. The van der Waals surface area contributed by atoms with Gasteiger partial charge in [-0.2, -0.15) is 13.9 Å². The second kappa shape index (κ2) is 11.3. The van der Waals surface area contributed by atoms with E-state index in [1.54, 1.807) is 41.2 Å². The molecular weight excluding hydrogens is 452 g/mol. The molecule has 0 spiro atoms. The maximum atomic E-state index is 12.5. The second-order valence-electron chi connectivity index (χ2n) is 6.45. The molecule has 0 unspecified atom stereocenters. The van der Waals surface area contributed by atoms with Gasteiger partial charge in [0.15, 0.2) is 11.5 Å². The predicted molar refractivity (Wildman–Crippen MR) is 124 cm³/mol. The maximum Gasteiger partial charge on any atom is 0.387 e. The summed E-state index contributed by atoms with van der Waals surface area (Å²) in [6, 6.07) is 9.87. The van der Waals surface area contributed by atoms with Crippen LogP contribution in [-0.2, 0) is 0 Å². The number of halogens is 2. The molecule has 0 atom stereocenters. The Hall–Kier alpha value is -3.66. The van der Waals surface area contributed by atoms with Crippen LogP contribution in [0.25, 0.3) is 11.3 Å². The Bertz CT molecular complexity index is 1160. The summed E-state index contributed by atoms with van der Waals surface area (Å²) >= 11 is 1.40. The first-order valence-electron chi connectivity index (χ1n) is 9.72. The fourth-order valence-electron chi connectivity index (χ4n) is 2.97. The van der Waals surface area contributed by atoms with Crippen LogP contribution < -0.4 is 23.7 Å². The largest absolute Gasteiger partial charge is 0.493 e. The highest BCUT2D eigenvalue weighted by Crippen LogP contribution is 2.37. The minimum Gasteiger partial charge on any atom is -0.493 e. The van der Waals surface area contributed by atoms with Gasteiger partial charge in [-0.15, -0.1) is 17.9 Å². The van der Waals surface area contributed by atoms with Crippen molar-refractivity contribution in [2.75, 3.05) is 27.9 Å². The number of alkyl halides is 2. The van der Waals surface area contributed by atoms with Gasteiger partial charge >= 0.3 is 6.61 Å². The van der Waals surface area contributed by atoms with E-state index in [1.807, 2.05) is 5.38 Å². The standard InChI is InChI=1S/C23H23F2N3O4S/c1-5-10-26-23-28(18(14-33-23)16-6-8-17(9-7-16)32-22(24)25)27-13-15-11-19(29-2)21(31-4)20(12-15)30-3/h5-9,11-14,22H,1,10H2,2-4H3. The van der Waals surface area contributed by atoms with Crippen molar-refractivity contribution in [1.82, 2.24) is 4.68 Å². The van der Waals surface area contributed by atoms with E-state index >= 15 is 0 Å². The van der Waals surface area contributed by atoms with Crippen molar-refractivity contribution in [3.8, 4) is 34.3 Å². The van der Waals surface area contributed by atoms with Crippen LogP contribution in [0.4, 0.5) is 8.78 Å². The Balaban J connectivity index is 2.04. The first-order chi connectivity index (χ1) is 16.0. The van der Waals surface area contributed by atoms with Crippen molar-refractivity contribution in [3.63, 3.8) is 0 Å². The van der Waals surface area contributed by atoms with Crippen molar-refractivity contribution < 1.29 is 27.7 Å². The zero-order chi connectivity index (χ0) is 23.8. The van der Waals surface area contributed by atoms with E-state index in [1.165, 1.54) is 44.8 Å². The van der Waals surface area contributed by atoms with Gasteiger partial charge in [0.25, 0.3) is 0 Å². The summed E-state index contributed by atoms with van der Waals surface area (Å²) in [4.78, 5) is 5.13. The molecule has 3 rings (SSSR count). The molecule has 0 saturated carbocycles. The summed E-state index contributed by atoms with van der Waals surface area (Å²) in [5.74, 6) is 1.56. The lowest BCUT2D eigenvalue weighted by Gasteiger charge is -2.12. The molecule has 0 saturated heterocycles. The number of hydrogen-bond acceptors (Lipinski definition) is 7. The molecule has 0 radical (unpaired) electrons. The summed E-state index contributed by atoms with van der Waals surface area (Å²) < 4.78 is 47.2. The fraction of sp³-hybridized carbons (Fsp3) is 0.217. The van der Waals surface area contributed by atoms with Crippen LogP contribution in [0.1, 0.15) is 5.56 Å². The molecule has 0 aliphatic heterocycles. The van der Waals surface area contributed by atoms with E-state index in [2.05, 4.69) is 21.4 Å². The Morgan fingerprint density at radius 2 is 1.73 bits per heavy atom. The summed E-state index contributed by atoms with van der Waals surface area (Å²) in [5.41, 5.74) is 2.20. The second-order valence-corrected chi connectivity index (χ2v) is 7.29. The molecular formula is C23H23F2N3O4S. The van der Waals surface area contributed by atoms with Crippen molar-refractivity contribution >= 4 is 17.6 Å². The average Bonchev–Trinajstić information content (AvgIpc) is 3.23. The quantitative estimate of drug-likeness (QED) is 0.312. The van der Waals surface area contributed by atoms with Gasteiger partial charge in [-0.05, 0) is 36.4 Å². The van der Waals surface area contributed by atoms with Crippen LogP contribution in [0.5, 0.6) is 23.0 Å². The van der Waals surface area contributed by atoms with E-state index in [0.717, 1.165) is 11.3 Å². The molecule has 0 fully saturated rings. The third-order valence-electron chi connectivity index (χ3n) is 4.43. The van der Waals surface area contributed by atoms with Crippen LogP contribution in [0, 0.1) is 0 Å². The molecule has 0 amide bonds. The van der Waals surface area contributed by atoms with Crippen LogP contribution in [-0.4, -0.2) is 45.4 Å². The topological polar surface area (TPSA) is 66.6 Å². The van der Waals surface area contributed by atoms with E-state index in [-0.39, 0.29) is 5.75 Å². The van der Waals surface area contributed by atoms with Crippen LogP contribution in [0.2, 0.25) is 0 Å². The van der Waals surface area contributed by atoms with Gasteiger partial charge < -0.3 is 18.9 Å². The number of thiazole rings is 1. The van der Waals surface area contributed by atoms with Crippen LogP contribution >= 0.6 is 11.3 Å². The molecule has 10 heteroatoms. The van der Waals surface area contributed by atoms with Crippen LogP contribution in [0.15, 0.2) is 64.5 Å². The molecule has 0 N–H and O–H groups in total. The van der Waals surface area contributed by atoms with Crippen molar-refractivity contribution in [2.24, 2.45) is 10.1 Å². The molecule has 174 valence electrons. The van der Waals surface area contributed by atoms with Gasteiger partial charge in [-0.1, -0.05) is 6.08 Å². The Morgan fingerprint density at radius 1 is 1.06 bits per heavy atom. The van der Waals surface area contributed by atoms with E-state index in [0.29, 0.717) is 34.2 Å². The molecule has 0 bridgehead atoms. The van der Waals surface area contributed by atoms with Crippen molar-refractivity contribution in [3.05, 3.63) is 64.8 Å². The van der Waals surface area contributed by atoms with Gasteiger partial charge in [0.05, 0.1) is 39.8 Å². The molecule has 1 heterocycles. The summed E-state index contributed by atoms with van der Waals surface area (Å²) in [6.45, 7) is 1.24. The normalized spacial score (nSPS) is 11.8. The maximum absolute atomic E-state index is 12.5. The molecule has 1 aromatic heterocycles. The van der Waals surface area contributed by atoms with E-state index in [4.69, 9.17) is 14.2 Å². The molecule has 7 nitrogen and oxygen atoms in total. The van der Waals surface area contributed by atoms with Crippen molar-refractivity contribution in [1.29, 1.82) is 0 Å².